The van der Waals surface area contributed by atoms with Crippen molar-refractivity contribution in [3.05, 3.63) is 59.7 Å². The first-order valence-electron chi connectivity index (χ1n) is 9.94. The van der Waals surface area contributed by atoms with E-state index in [1.165, 1.54) is 6.92 Å². The second-order valence-electron chi connectivity index (χ2n) is 7.21. The average Bonchev–Trinajstić information content (AvgIpc) is 3.01. The van der Waals surface area contributed by atoms with Crippen LogP contribution in [0.15, 0.2) is 48.5 Å². The van der Waals surface area contributed by atoms with Crippen molar-refractivity contribution in [1.82, 2.24) is 0 Å². The monoisotopic (exact) mass is 410 g/mol. The molecule has 0 bridgehead atoms. The van der Waals surface area contributed by atoms with Crippen LogP contribution >= 0.6 is 0 Å². The van der Waals surface area contributed by atoms with Crippen molar-refractivity contribution < 1.29 is 27.0 Å². The lowest BCUT2D eigenvalue weighted by molar-refractivity contribution is -0.258. The van der Waals surface area contributed by atoms with Gasteiger partial charge >= 0.3 is 11.8 Å². The standard InChI is InChI=1S/C23H26F4O2/c1-3-28-15-9-14-21(23(26,27)22(24,25)16-29-4-2)19-12-7-5-10-17(19)18-11-6-8-13-20(18)21/h5-8,10-13H,3-4,9,14-16H2,1-2H3. The molecule has 29 heavy (non-hydrogen) atoms. The van der Waals surface area contributed by atoms with Gasteiger partial charge in [-0.25, -0.2) is 0 Å². The lowest BCUT2D eigenvalue weighted by Crippen LogP contribution is -2.58. The van der Waals surface area contributed by atoms with Crippen molar-refractivity contribution in [2.24, 2.45) is 0 Å². The number of ether oxygens (including phenoxy) is 2. The molecular weight excluding hydrogens is 384 g/mol. The SMILES string of the molecule is CCOCCCC1(C(F)(F)C(F)(F)COCC)c2ccccc2-c2ccccc21. The van der Waals surface area contributed by atoms with Gasteiger partial charge in [0.15, 0.2) is 0 Å². The minimum atomic E-state index is -4.36. The molecule has 2 nitrogen and oxygen atoms in total. The fourth-order valence-electron chi connectivity index (χ4n) is 4.31. The van der Waals surface area contributed by atoms with Gasteiger partial charge in [0.1, 0.15) is 6.61 Å². The summed E-state index contributed by atoms with van der Waals surface area (Å²) in [7, 11) is 0. The molecule has 0 spiro atoms. The Kier molecular flexibility index (Phi) is 6.34. The molecule has 0 radical (unpaired) electrons. The van der Waals surface area contributed by atoms with Crippen LogP contribution in [0.25, 0.3) is 11.1 Å². The normalized spacial score (nSPS) is 15.2. The molecule has 158 valence electrons. The molecule has 0 N–H and O–H groups in total. The van der Waals surface area contributed by atoms with Gasteiger partial charge < -0.3 is 9.47 Å². The molecule has 0 saturated heterocycles. The lowest BCUT2D eigenvalue weighted by Gasteiger charge is -2.43. The Hall–Kier alpha value is -1.92. The molecule has 0 aliphatic heterocycles. The Bertz CT molecular complexity index is 790. The summed E-state index contributed by atoms with van der Waals surface area (Å²) in [6.07, 6.45) is 0.0759. The maximum Gasteiger partial charge on any atom is 0.334 e. The largest absolute Gasteiger partial charge is 0.382 e. The number of benzene rings is 2. The van der Waals surface area contributed by atoms with E-state index in [0.29, 0.717) is 17.7 Å². The highest BCUT2D eigenvalue weighted by molar-refractivity contribution is 5.81. The highest BCUT2D eigenvalue weighted by atomic mass is 19.3. The van der Waals surface area contributed by atoms with Gasteiger partial charge in [-0.3, -0.25) is 0 Å². The first kappa shape index (κ1) is 21.8. The molecule has 0 heterocycles. The number of fused-ring (bicyclic) bond motifs is 3. The number of hydrogen-bond donors (Lipinski definition) is 0. The quantitative estimate of drug-likeness (QED) is 0.349. The van der Waals surface area contributed by atoms with Gasteiger partial charge in [-0.2, -0.15) is 17.6 Å². The zero-order valence-electron chi connectivity index (χ0n) is 16.7. The number of rotatable bonds is 10. The third-order valence-electron chi connectivity index (χ3n) is 5.59. The van der Waals surface area contributed by atoms with Gasteiger partial charge in [0.25, 0.3) is 0 Å². The second kappa shape index (κ2) is 8.44. The van der Waals surface area contributed by atoms with Crippen LogP contribution < -0.4 is 0 Å². The van der Waals surface area contributed by atoms with Crippen molar-refractivity contribution in [3.8, 4) is 11.1 Å². The minimum absolute atomic E-state index is 0.0593. The van der Waals surface area contributed by atoms with E-state index in [2.05, 4.69) is 0 Å². The van der Waals surface area contributed by atoms with Crippen LogP contribution in [0.1, 0.15) is 37.8 Å². The van der Waals surface area contributed by atoms with Gasteiger partial charge in [-0.05, 0) is 48.9 Å². The van der Waals surface area contributed by atoms with Gasteiger partial charge in [0.05, 0.1) is 5.41 Å². The van der Waals surface area contributed by atoms with Crippen molar-refractivity contribution >= 4 is 0 Å². The van der Waals surface area contributed by atoms with Crippen LogP contribution in [-0.2, 0) is 14.9 Å². The average molecular weight is 410 g/mol. The molecular formula is C23H26F4O2. The third kappa shape index (κ3) is 3.46. The smallest absolute Gasteiger partial charge is 0.334 e. The Morgan fingerprint density at radius 1 is 0.793 bits per heavy atom. The van der Waals surface area contributed by atoms with E-state index in [0.717, 1.165) is 0 Å². The zero-order valence-corrected chi connectivity index (χ0v) is 16.7. The topological polar surface area (TPSA) is 18.5 Å². The lowest BCUT2D eigenvalue weighted by atomic mass is 9.67. The summed E-state index contributed by atoms with van der Waals surface area (Å²) in [5.41, 5.74) is -0.534. The van der Waals surface area contributed by atoms with Crippen molar-refractivity contribution in [3.63, 3.8) is 0 Å². The van der Waals surface area contributed by atoms with E-state index in [1.807, 2.05) is 0 Å². The van der Waals surface area contributed by atoms with Crippen molar-refractivity contribution in [2.75, 3.05) is 26.4 Å². The number of hydrogen-bond acceptors (Lipinski definition) is 2. The minimum Gasteiger partial charge on any atom is -0.382 e. The first-order valence-corrected chi connectivity index (χ1v) is 9.94. The number of halogens is 4. The van der Waals surface area contributed by atoms with E-state index in [4.69, 9.17) is 9.47 Å². The molecule has 6 heteroatoms. The van der Waals surface area contributed by atoms with E-state index in [9.17, 15) is 8.78 Å². The molecule has 0 unspecified atom stereocenters. The molecule has 1 aliphatic carbocycles. The Balaban J connectivity index is 2.20. The second-order valence-corrected chi connectivity index (χ2v) is 7.21. The molecule has 0 saturated carbocycles. The fraction of sp³-hybridized carbons (Fsp3) is 0.478. The van der Waals surface area contributed by atoms with Gasteiger partial charge in [-0.15, -0.1) is 0 Å². The summed E-state index contributed by atoms with van der Waals surface area (Å²) in [6.45, 7) is 2.60. The van der Waals surface area contributed by atoms with Gasteiger partial charge in [0, 0.05) is 19.8 Å². The molecule has 2 aromatic rings. The third-order valence-corrected chi connectivity index (χ3v) is 5.59. The highest BCUT2D eigenvalue weighted by Gasteiger charge is 2.71. The van der Waals surface area contributed by atoms with Gasteiger partial charge in [-0.1, -0.05) is 48.5 Å². The summed E-state index contributed by atoms with van der Waals surface area (Å²) in [5.74, 6) is -8.69. The van der Waals surface area contributed by atoms with Crippen LogP contribution in [-0.4, -0.2) is 38.3 Å². The summed E-state index contributed by atoms with van der Waals surface area (Å²) < 4.78 is 71.7. The van der Waals surface area contributed by atoms with Crippen LogP contribution in [0.5, 0.6) is 0 Å². The maximum atomic E-state index is 15.9. The van der Waals surface area contributed by atoms with Crippen LogP contribution in [0.2, 0.25) is 0 Å². The Labute approximate surface area is 168 Å². The fourth-order valence-corrected chi connectivity index (χ4v) is 4.31. The molecule has 0 atom stereocenters. The molecule has 2 aromatic carbocycles. The summed E-state index contributed by atoms with van der Waals surface area (Å²) in [6, 6.07) is 13.2. The summed E-state index contributed by atoms with van der Waals surface area (Å²) >= 11 is 0. The summed E-state index contributed by atoms with van der Waals surface area (Å²) in [4.78, 5) is 0. The van der Waals surface area contributed by atoms with E-state index in [1.54, 1.807) is 55.5 Å². The number of alkyl halides is 4. The zero-order chi connectivity index (χ0) is 21.1. The Morgan fingerprint density at radius 2 is 1.31 bits per heavy atom. The van der Waals surface area contributed by atoms with Crippen molar-refractivity contribution in [2.45, 2.75) is 43.9 Å². The Morgan fingerprint density at radius 3 is 1.83 bits per heavy atom. The molecule has 0 aromatic heterocycles. The van der Waals surface area contributed by atoms with Crippen LogP contribution in [0.3, 0.4) is 0 Å². The first-order chi connectivity index (χ1) is 13.8. The predicted molar refractivity (Wildman–Crippen MR) is 105 cm³/mol. The van der Waals surface area contributed by atoms with Crippen LogP contribution in [0, 0.1) is 0 Å². The summed E-state index contributed by atoms with van der Waals surface area (Å²) in [5, 5.41) is 0. The predicted octanol–water partition coefficient (Wildman–Crippen LogP) is 6.08. The van der Waals surface area contributed by atoms with E-state index >= 15 is 8.78 Å². The molecule has 0 amide bonds. The molecule has 1 aliphatic rings. The van der Waals surface area contributed by atoms with Gasteiger partial charge in [0.2, 0.25) is 0 Å². The highest BCUT2D eigenvalue weighted by Crippen LogP contribution is 2.61. The van der Waals surface area contributed by atoms with E-state index < -0.39 is 23.9 Å². The van der Waals surface area contributed by atoms with E-state index in [-0.39, 0.29) is 37.2 Å². The molecule has 0 fully saturated rings. The van der Waals surface area contributed by atoms with Crippen molar-refractivity contribution in [1.29, 1.82) is 0 Å². The van der Waals surface area contributed by atoms with Crippen LogP contribution in [0.4, 0.5) is 17.6 Å². The molecule has 3 rings (SSSR count). The maximum absolute atomic E-state index is 15.9.